The molecule has 0 aromatic carbocycles. The summed E-state index contributed by atoms with van der Waals surface area (Å²) in [4.78, 5) is 0. The SMILES string of the molecule is CC[B-](C#N)(C#N)CC.[K+]. The molecule has 0 rings (SSSR count). The molecule has 0 bridgehead atoms. The Hall–Kier alpha value is 0.681. The standard InChI is InChI=1S/C6H10BN2.K/c1-3-7(4-2,5-8)6-9;/h3-4H2,1-2H3;/q-1;+1. The molecule has 0 N–H and O–H groups in total. The molecule has 2 nitrogen and oxygen atoms in total. The van der Waals surface area contributed by atoms with Crippen LogP contribution in [0.4, 0.5) is 0 Å². The Morgan fingerprint density at radius 2 is 1.40 bits per heavy atom. The van der Waals surface area contributed by atoms with E-state index >= 15 is 0 Å². The Morgan fingerprint density at radius 1 is 1.10 bits per heavy atom. The third-order valence-electron chi connectivity index (χ3n) is 1.89. The zero-order valence-electron chi connectivity index (χ0n) is 6.89. The minimum absolute atomic E-state index is 0. The first-order chi connectivity index (χ1) is 4.24. The van der Waals surface area contributed by atoms with E-state index in [0.29, 0.717) is 12.6 Å². The molecule has 0 amide bonds. The molecule has 0 saturated heterocycles. The van der Waals surface area contributed by atoms with Crippen molar-refractivity contribution >= 4 is 6.15 Å². The molecule has 0 radical (unpaired) electrons. The van der Waals surface area contributed by atoms with Gasteiger partial charge in [-0.2, -0.15) is 12.6 Å². The van der Waals surface area contributed by atoms with Crippen LogP contribution in [-0.2, 0) is 0 Å². The van der Waals surface area contributed by atoms with E-state index in [1.54, 1.807) is 0 Å². The van der Waals surface area contributed by atoms with Crippen molar-refractivity contribution in [2.45, 2.75) is 26.5 Å². The van der Waals surface area contributed by atoms with Gasteiger partial charge in [-0.25, -0.2) is 10.5 Å². The molecular weight excluding hydrogens is 150 g/mol. The fourth-order valence-corrected chi connectivity index (χ4v) is 0.683. The van der Waals surface area contributed by atoms with Crippen LogP contribution in [0.15, 0.2) is 0 Å². The van der Waals surface area contributed by atoms with Gasteiger partial charge in [-0.3, -0.25) is 0 Å². The summed E-state index contributed by atoms with van der Waals surface area (Å²) >= 11 is 0. The summed E-state index contributed by atoms with van der Waals surface area (Å²) in [6.07, 6.45) is 0.0347. The topological polar surface area (TPSA) is 47.6 Å². The number of hydrogen-bond acceptors (Lipinski definition) is 2. The van der Waals surface area contributed by atoms with Crippen molar-refractivity contribution < 1.29 is 51.4 Å². The van der Waals surface area contributed by atoms with Gasteiger partial charge in [0.2, 0.25) is 6.15 Å². The van der Waals surface area contributed by atoms with Crippen LogP contribution in [0, 0.1) is 22.5 Å². The van der Waals surface area contributed by atoms with Gasteiger partial charge in [0.1, 0.15) is 0 Å². The maximum absolute atomic E-state index is 8.53. The first-order valence-electron chi connectivity index (χ1n) is 3.26. The van der Waals surface area contributed by atoms with Crippen LogP contribution in [0.3, 0.4) is 0 Å². The molecule has 0 fully saturated rings. The second-order valence-electron chi connectivity index (χ2n) is 2.32. The maximum atomic E-state index is 8.53. The van der Waals surface area contributed by atoms with Gasteiger partial charge >= 0.3 is 51.4 Å². The van der Waals surface area contributed by atoms with E-state index in [1.807, 2.05) is 13.8 Å². The van der Waals surface area contributed by atoms with Gasteiger partial charge in [0.05, 0.1) is 0 Å². The molecule has 0 unspecified atom stereocenters. The van der Waals surface area contributed by atoms with Crippen LogP contribution in [0.2, 0.25) is 12.6 Å². The van der Waals surface area contributed by atoms with Crippen molar-refractivity contribution in [3.05, 3.63) is 0 Å². The van der Waals surface area contributed by atoms with E-state index in [9.17, 15) is 0 Å². The summed E-state index contributed by atoms with van der Waals surface area (Å²) < 4.78 is 0. The van der Waals surface area contributed by atoms with Crippen molar-refractivity contribution in [3.63, 3.8) is 0 Å². The number of hydrogen-bond donors (Lipinski definition) is 0. The largest absolute Gasteiger partial charge is 1.00 e. The van der Waals surface area contributed by atoms with Gasteiger partial charge in [0.15, 0.2) is 0 Å². The Balaban J connectivity index is 0. The molecule has 0 aromatic heterocycles. The molecule has 0 spiro atoms. The van der Waals surface area contributed by atoms with Gasteiger partial charge in [-0.15, -0.1) is 11.9 Å². The van der Waals surface area contributed by atoms with E-state index in [0.717, 1.165) is 0 Å². The fourth-order valence-electron chi connectivity index (χ4n) is 0.683. The number of nitriles is 2. The summed E-state index contributed by atoms with van der Waals surface area (Å²) in [6, 6.07) is 0. The molecule has 48 valence electrons. The molecule has 0 atom stereocenters. The van der Waals surface area contributed by atoms with Gasteiger partial charge in [-0.05, 0) is 0 Å². The van der Waals surface area contributed by atoms with Crippen LogP contribution in [0.5, 0.6) is 0 Å². The molecular formula is C6H10BKN2. The second-order valence-corrected chi connectivity index (χ2v) is 2.32. The zero-order chi connectivity index (χ0) is 7.33. The maximum Gasteiger partial charge on any atom is 1.00 e. The molecule has 0 aromatic rings. The van der Waals surface area contributed by atoms with E-state index in [2.05, 4.69) is 11.9 Å². The van der Waals surface area contributed by atoms with Crippen molar-refractivity contribution in [2.75, 3.05) is 0 Å². The van der Waals surface area contributed by atoms with Gasteiger partial charge in [-0.1, -0.05) is 13.8 Å². The van der Waals surface area contributed by atoms with Crippen molar-refractivity contribution in [2.24, 2.45) is 0 Å². The summed E-state index contributed by atoms with van der Waals surface area (Å²) in [5.41, 5.74) is 0. The van der Waals surface area contributed by atoms with E-state index in [4.69, 9.17) is 10.5 Å². The predicted octanol–water partition coefficient (Wildman–Crippen LogP) is -1.40. The molecule has 0 heterocycles. The van der Waals surface area contributed by atoms with Gasteiger partial charge < -0.3 is 0 Å². The Labute approximate surface area is 105 Å². The quantitative estimate of drug-likeness (QED) is 0.466. The van der Waals surface area contributed by atoms with Gasteiger partial charge in [0.25, 0.3) is 0 Å². The van der Waals surface area contributed by atoms with Crippen molar-refractivity contribution in [3.8, 4) is 11.9 Å². The van der Waals surface area contributed by atoms with E-state index in [-0.39, 0.29) is 51.4 Å². The molecule has 10 heavy (non-hydrogen) atoms. The minimum Gasteiger partial charge on any atom is -0.248 e. The summed E-state index contributed by atoms with van der Waals surface area (Å²) in [6.45, 7) is 3.77. The van der Waals surface area contributed by atoms with E-state index in [1.165, 1.54) is 0 Å². The van der Waals surface area contributed by atoms with Gasteiger partial charge in [0, 0.05) is 0 Å². The van der Waals surface area contributed by atoms with Crippen LogP contribution in [0.1, 0.15) is 13.8 Å². The third-order valence-corrected chi connectivity index (χ3v) is 1.89. The van der Waals surface area contributed by atoms with Crippen LogP contribution < -0.4 is 51.4 Å². The third kappa shape index (κ3) is 3.19. The first-order valence-corrected chi connectivity index (χ1v) is 3.26. The van der Waals surface area contributed by atoms with E-state index < -0.39 is 6.15 Å². The van der Waals surface area contributed by atoms with Crippen LogP contribution >= 0.6 is 0 Å². The summed E-state index contributed by atoms with van der Waals surface area (Å²) in [5.74, 6) is 4.13. The second kappa shape index (κ2) is 6.40. The Kier molecular flexibility index (Phi) is 8.50. The summed E-state index contributed by atoms with van der Waals surface area (Å²) in [7, 11) is 0. The smallest absolute Gasteiger partial charge is 0.248 e. The van der Waals surface area contributed by atoms with Crippen molar-refractivity contribution in [1.82, 2.24) is 0 Å². The fraction of sp³-hybridized carbons (Fsp3) is 0.667. The predicted molar refractivity (Wildman–Crippen MR) is 37.9 cm³/mol. The zero-order valence-corrected chi connectivity index (χ0v) is 10.0. The molecule has 0 saturated carbocycles. The Bertz CT molecular complexity index is 148. The Morgan fingerprint density at radius 3 is 1.40 bits per heavy atom. The normalized spacial score (nSPS) is 8.80. The summed E-state index contributed by atoms with van der Waals surface area (Å²) in [5, 5.41) is 17.1. The molecule has 0 aliphatic heterocycles. The van der Waals surface area contributed by atoms with Crippen LogP contribution in [-0.4, -0.2) is 6.15 Å². The molecule has 0 aliphatic carbocycles. The minimum atomic E-state index is -1.33. The average molecular weight is 160 g/mol. The van der Waals surface area contributed by atoms with Crippen molar-refractivity contribution in [1.29, 1.82) is 10.5 Å². The first kappa shape index (κ1) is 13.3. The average Bonchev–Trinajstić information content (AvgIpc) is 1.95. The molecule has 4 heteroatoms. The van der Waals surface area contributed by atoms with Crippen LogP contribution in [0.25, 0.3) is 0 Å². The number of rotatable bonds is 2. The monoisotopic (exact) mass is 160 g/mol. The number of nitrogens with zero attached hydrogens (tertiary/aromatic N) is 2. The molecule has 0 aliphatic rings.